The summed E-state index contributed by atoms with van der Waals surface area (Å²) in [6.45, 7) is 1.67. The highest BCUT2D eigenvalue weighted by Gasteiger charge is 2.21. The van der Waals surface area contributed by atoms with Gasteiger partial charge in [0.25, 0.3) is 0 Å². The minimum atomic E-state index is -1.80. The smallest absolute Gasteiger partial charge is 0.337 e. The van der Waals surface area contributed by atoms with Crippen LogP contribution in [0.15, 0.2) is 18.2 Å². The standard InChI is InChI=1S/C12H11NO4/c1-2-10(14)7-3-4-8(6-13)9(5-7)11(15)12(16)17/h3-5,11,15H,2H2,1H3,(H,16,17). The Hall–Kier alpha value is -2.19. The van der Waals surface area contributed by atoms with Gasteiger partial charge in [-0.1, -0.05) is 13.0 Å². The number of nitriles is 1. The van der Waals surface area contributed by atoms with Gasteiger partial charge in [0.1, 0.15) is 0 Å². The van der Waals surface area contributed by atoms with E-state index in [1.165, 1.54) is 18.2 Å². The molecule has 5 heteroatoms. The van der Waals surface area contributed by atoms with E-state index in [0.717, 1.165) is 0 Å². The lowest BCUT2D eigenvalue weighted by molar-refractivity contribution is -0.146. The van der Waals surface area contributed by atoms with Crippen LogP contribution in [-0.4, -0.2) is 22.0 Å². The van der Waals surface area contributed by atoms with Crippen molar-refractivity contribution in [3.63, 3.8) is 0 Å². The third kappa shape index (κ3) is 2.68. The van der Waals surface area contributed by atoms with E-state index < -0.39 is 12.1 Å². The first-order valence-electron chi connectivity index (χ1n) is 4.99. The lowest BCUT2D eigenvalue weighted by atomic mass is 9.97. The molecule has 88 valence electrons. The number of benzene rings is 1. The fourth-order valence-corrected chi connectivity index (χ4v) is 1.40. The summed E-state index contributed by atoms with van der Waals surface area (Å²) in [6.07, 6.45) is -1.52. The van der Waals surface area contributed by atoms with Crippen LogP contribution in [0.1, 0.15) is 40.9 Å². The molecule has 0 bridgehead atoms. The Kier molecular flexibility index (Phi) is 3.96. The number of aliphatic hydroxyl groups is 1. The number of aliphatic carboxylic acids is 1. The first-order chi connectivity index (χ1) is 8.01. The molecule has 5 nitrogen and oxygen atoms in total. The first kappa shape index (κ1) is 12.9. The van der Waals surface area contributed by atoms with Gasteiger partial charge in [-0.3, -0.25) is 4.79 Å². The monoisotopic (exact) mass is 233 g/mol. The van der Waals surface area contributed by atoms with E-state index in [9.17, 15) is 14.7 Å². The molecule has 0 saturated carbocycles. The molecule has 0 spiro atoms. The largest absolute Gasteiger partial charge is 0.479 e. The topological polar surface area (TPSA) is 98.4 Å². The molecule has 1 aromatic rings. The van der Waals surface area contributed by atoms with E-state index in [2.05, 4.69) is 0 Å². The van der Waals surface area contributed by atoms with Crippen molar-refractivity contribution in [2.75, 3.05) is 0 Å². The minimum absolute atomic E-state index is 0.0487. The summed E-state index contributed by atoms with van der Waals surface area (Å²) in [5.74, 6) is -1.63. The van der Waals surface area contributed by atoms with E-state index in [4.69, 9.17) is 10.4 Å². The van der Waals surface area contributed by atoms with Gasteiger partial charge >= 0.3 is 5.97 Å². The predicted octanol–water partition coefficient (Wildman–Crippen LogP) is 1.27. The van der Waals surface area contributed by atoms with Gasteiger partial charge in [0, 0.05) is 17.5 Å². The number of hydrogen-bond donors (Lipinski definition) is 2. The van der Waals surface area contributed by atoms with Crippen LogP contribution in [0.3, 0.4) is 0 Å². The van der Waals surface area contributed by atoms with Gasteiger partial charge in [0.05, 0.1) is 11.6 Å². The average Bonchev–Trinajstić information content (AvgIpc) is 2.35. The summed E-state index contributed by atoms with van der Waals surface area (Å²) in [6, 6.07) is 5.82. The average molecular weight is 233 g/mol. The number of nitrogens with zero attached hydrogens (tertiary/aromatic N) is 1. The highest BCUT2D eigenvalue weighted by Crippen LogP contribution is 2.20. The van der Waals surface area contributed by atoms with E-state index in [-0.39, 0.29) is 23.3 Å². The van der Waals surface area contributed by atoms with Crippen molar-refractivity contribution < 1.29 is 19.8 Å². The van der Waals surface area contributed by atoms with Gasteiger partial charge < -0.3 is 10.2 Å². The van der Waals surface area contributed by atoms with Crippen molar-refractivity contribution in [3.05, 3.63) is 34.9 Å². The maximum absolute atomic E-state index is 11.4. The number of carboxylic acids is 1. The number of Topliss-reactive ketones (excluding diaryl/α,β-unsaturated/α-hetero) is 1. The van der Waals surface area contributed by atoms with E-state index in [1.54, 1.807) is 13.0 Å². The van der Waals surface area contributed by atoms with Gasteiger partial charge in [-0.25, -0.2) is 4.79 Å². The molecule has 0 aliphatic carbocycles. The number of ketones is 1. The molecule has 1 rings (SSSR count). The Bertz CT molecular complexity index is 502. The Morgan fingerprint density at radius 1 is 1.47 bits per heavy atom. The second kappa shape index (κ2) is 5.23. The maximum atomic E-state index is 11.4. The molecule has 2 N–H and O–H groups in total. The molecule has 0 amide bonds. The van der Waals surface area contributed by atoms with Gasteiger partial charge in [0.2, 0.25) is 0 Å². The normalized spacial score (nSPS) is 11.6. The van der Waals surface area contributed by atoms with Crippen molar-refractivity contribution in [2.24, 2.45) is 0 Å². The molecule has 0 radical (unpaired) electrons. The number of carbonyl (C=O) groups excluding carboxylic acids is 1. The van der Waals surface area contributed by atoms with Crippen molar-refractivity contribution in [1.29, 1.82) is 5.26 Å². The summed E-state index contributed by atoms with van der Waals surface area (Å²) >= 11 is 0. The van der Waals surface area contributed by atoms with Gasteiger partial charge in [-0.15, -0.1) is 0 Å². The second-order valence-corrected chi connectivity index (χ2v) is 3.43. The summed E-state index contributed by atoms with van der Waals surface area (Å²) in [5.41, 5.74) is 0.286. The van der Waals surface area contributed by atoms with E-state index >= 15 is 0 Å². The van der Waals surface area contributed by atoms with Crippen molar-refractivity contribution >= 4 is 11.8 Å². The zero-order valence-electron chi connectivity index (χ0n) is 9.17. The van der Waals surface area contributed by atoms with Crippen LogP contribution < -0.4 is 0 Å². The Balaban J connectivity index is 3.30. The highest BCUT2D eigenvalue weighted by atomic mass is 16.4. The molecule has 0 saturated heterocycles. The molecule has 17 heavy (non-hydrogen) atoms. The van der Waals surface area contributed by atoms with Crippen molar-refractivity contribution in [2.45, 2.75) is 19.4 Å². The maximum Gasteiger partial charge on any atom is 0.337 e. The van der Waals surface area contributed by atoms with Crippen LogP contribution in [0.2, 0.25) is 0 Å². The second-order valence-electron chi connectivity index (χ2n) is 3.43. The highest BCUT2D eigenvalue weighted by molar-refractivity contribution is 5.96. The SMILES string of the molecule is CCC(=O)c1ccc(C#N)c(C(O)C(=O)O)c1. The quantitative estimate of drug-likeness (QED) is 0.763. The Labute approximate surface area is 97.9 Å². The van der Waals surface area contributed by atoms with Crippen molar-refractivity contribution in [1.82, 2.24) is 0 Å². The summed E-state index contributed by atoms with van der Waals surface area (Å²) in [7, 11) is 0. The Morgan fingerprint density at radius 3 is 2.59 bits per heavy atom. The van der Waals surface area contributed by atoms with Crippen LogP contribution >= 0.6 is 0 Å². The van der Waals surface area contributed by atoms with E-state index in [1.807, 2.05) is 0 Å². The molecule has 0 aliphatic rings. The van der Waals surface area contributed by atoms with Crippen LogP contribution in [-0.2, 0) is 4.79 Å². The summed E-state index contributed by atoms with van der Waals surface area (Å²) in [5, 5.41) is 26.9. The van der Waals surface area contributed by atoms with Crippen molar-refractivity contribution in [3.8, 4) is 6.07 Å². The van der Waals surface area contributed by atoms with E-state index in [0.29, 0.717) is 5.56 Å². The van der Waals surface area contributed by atoms with Crippen LogP contribution in [0, 0.1) is 11.3 Å². The zero-order valence-corrected chi connectivity index (χ0v) is 9.17. The number of rotatable bonds is 4. The third-order valence-corrected chi connectivity index (χ3v) is 2.34. The number of carboxylic acid groups (broad SMARTS) is 1. The molecule has 0 aromatic heterocycles. The predicted molar refractivity (Wildman–Crippen MR) is 58.4 cm³/mol. The van der Waals surface area contributed by atoms with Crippen LogP contribution in [0.25, 0.3) is 0 Å². The van der Waals surface area contributed by atoms with Gasteiger partial charge in [-0.2, -0.15) is 5.26 Å². The Morgan fingerprint density at radius 2 is 2.12 bits per heavy atom. The molecule has 0 aliphatic heterocycles. The van der Waals surface area contributed by atoms with Crippen LogP contribution in [0.4, 0.5) is 0 Å². The molecular formula is C12H11NO4. The molecular weight excluding hydrogens is 222 g/mol. The molecule has 1 unspecified atom stereocenters. The number of hydrogen-bond acceptors (Lipinski definition) is 4. The first-order valence-corrected chi connectivity index (χ1v) is 4.99. The fourth-order valence-electron chi connectivity index (χ4n) is 1.40. The molecule has 1 aromatic carbocycles. The third-order valence-electron chi connectivity index (χ3n) is 2.34. The van der Waals surface area contributed by atoms with Gasteiger partial charge in [0.15, 0.2) is 11.9 Å². The fraction of sp³-hybridized carbons (Fsp3) is 0.250. The number of carbonyl (C=O) groups is 2. The lowest BCUT2D eigenvalue weighted by Gasteiger charge is -2.09. The van der Waals surface area contributed by atoms with Gasteiger partial charge in [-0.05, 0) is 12.1 Å². The zero-order chi connectivity index (χ0) is 13.0. The summed E-state index contributed by atoms with van der Waals surface area (Å²) in [4.78, 5) is 22.1. The minimum Gasteiger partial charge on any atom is -0.479 e. The molecule has 0 heterocycles. The summed E-state index contributed by atoms with van der Waals surface area (Å²) < 4.78 is 0. The van der Waals surface area contributed by atoms with Crippen LogP contribution in [0.5, 0.6) is 0 Å². The number of aliphatic hydroxyl groups excluding tert-OH is 1. The molecule has 0 fully saturated rings. The molecule has 1 atom stereocenters. The lowest BCUT2D eigenvalue weighted by Crippen LogP contribution is -2.13.